The fraction of sp³-hybridized carbons (Fsp3) is 0.105. The SMILES string of the molecule is O=C(Nc1cc(F)ccc1F)N(Cc1ccco1)Cc1ccccc1O. The molecule has 26 heavy (non-hydrogen) atoms. The smallest absolute Gasteiger partial charge is 0.322 e. The van der Waals surface area contributed by atoms with Gasteiger partial charge in [0.15, 0.2) is 0 Å². The molecule has 0 saturated carbocycles. The number of halogens is 2. The van der Waals surface area contributed by atoms with Crippen LogP contribution in [-0.4, -0.2) is 16.0 Å². The molecule has 1 heterocycles. The number of carbonyl (C=O) groups is 1. The van der Waals surface area contributed by atoms with Crippen LogP contribution in [-0.2, 0) is 13.1 Å². The highest BCUT2D eigenvalue weighted by Gasteiger charge is 2.19. The van der Waals surface area contributed by atoms with Gasteiger partial charge in [0.2, 0.25) is 0 Å². The first-order valence-electron chi connectivity index (χ1n) is 7.83. The highest BCUT2D eigenvalue weighted by molar-refractivity contribution is 5.89. The zero-order valence-electron chi connectivity index (χ0n) is 13.7. The van der Waals surface area contributed by atoms with E-state index in [1.807, 2.05) is 0 Å². The summed E-state index contributed by atoms with van der Waals surface area (Å²) in [4.78, 5) is 13.9. The molecule has 0 spiro atoms. The second-order valence-electron chi connectivity index (χ2n) is 5.62. The molecule has 134 valence electrons. The Morgan fingerprint density at radius 2 is 1.88 bits per heavy atom. The molecule has 0 aliphatic carbocycles. The maximum Gasteiger partial charge on any atom is 0.322 e. The first kappa shape index (κ1) is 17.5. The third-order valence-corrected chi connectivity index (χ3v) is 3.74. The molecule has 2 amide bonds. The maximum atomic E-state index is 13.8. The van der Waals surface area contributed by atoms with Crippen LogP contribution < -0.4 is 5.32 Å². The number of para-hydroxylation sites is 1. The second-order valence-corrected chi connectivity index (χ2v) is 5.62. The van der Waals surface area contributed by atoms with Crippen molar-refractivity contribution in [2.75, 3.05) is 5.32 Å². The van der Waals surface area contributed by atoms with E-state index in [4.69, 9.17) is 4.42 Å². The Hall–Kier alpha value is -3.35. The van der Waals surface area contributed by atoms with Gasteiger partial charge in [0.1, 0.15) is 23.1 Å². The molecule has 3 aromatic rings. The lowest BCUT2D eigenvalue weighted by atomic mass is 10.2. The molecule has 3 rings (SSSR count). The molecule has 0 fully saturated rings. The number of phenols is 1. The number of phenolic OH excluding ortho intramolecular Hbond substituents is 1. The number of amides is 2. The molecule has 0 radical (unpaired) electrons. The van der Waals surface area contributed by atoms with Crippen LogP contribution in [0, 0.1) is 11.6 Å². The Bertz CT molecular complexity index is 898. The minimum atomic E-state index is -0.750. The molecule has 0 saturated heterocycles. The summed E-state index contributed by atoms with van der Waals surface area (Å²) in [6.07, 6.45) is 1.47. The Morgan fingerprint density at radius 1 is 1.08 bits per heavy atom. The zero-order chi connectivity index (χ0) is 18.5. The highest BCUT2D eigenvalue weighted by atomic mass is 19.1. The van der Waals surface area contributed by atoms with E-state index < -0.39 is 17.7 Å². The Balaban J connectivity index is 1.83. The van der Waals surface area contributed by atoms with Gasteiger partial charge in [0.05, 0.1) is 25.0 Å². The lowest BCUT2D eigenvalue weighted by molar-refractivity contribution is 0.200. The van der Waals surface area contributed by atoms with E-state index >= 15 is 0 Å². The number of hydrogen-bond acceptors (Lipinski definition) is 3. The van der Waals surface area contributed by atoms with E-state index in [0.717, 1.165) is 18.2 Å². The van der Waals surface area contributed by atoms with Gasteiger partial charge in [-0.25, -0.2) is 13.6 Å². The summed E-state index contributed by atoms with van der Waals surface area (Å²) in [6, 6.07) is 12.1. The van der Waals surface area contributed by atoms with Crippen molar-refractivity contribution < 1.29 is 23.1 Å². The number of carbonyl (C=O) groups excluding carboxylic acids is 1. The van der Waals surface area contributed by atoms with Crippen LogP contribution in [0.25, 0.3) is 0 Å². The molecule has 2 aromatic carbocycles. The van der Waals surface area contributed by atoms with E-state index in [2.05, 4.69) is 5.32 Å². The first-order chi connectivity index (χ1) is 12.5. The van der Waals surface area contributed by atoms with Crippen molar-refractivity contribution in [2.45, 2.75) is 13.1 Å². The Morgan fingerprint density at radius 3 is 2.62 bits per heavy atom. The number of nitrogens with zero attached hydrogens (tertiary/aromatic N) is 1. The number of urea groups is 1. The van der Waals surface area contributed by atoms with Crippen molar-refractivity contribution in [1.29, 1.82) is 0 Å². The van der Waals surface area contributed by atoms with Crippen molar-refractivity contribution in [3.8, 4) is 5.75 Å². The van der Waals surface area contributed by atoms with E-state index in [1.165, 1.54) is 17.2 Å². The van der Waals surface area contributed by atoms with E-state index in [0.29, 0.717) is 11.3 Å². The van der Waals surface area contributed by atoms with Gasteiger partial charge in [-0.2, -0.15) is 0 Å². The molecule has 7 heteroatoms. The monoisotopic (exact) mass is 358 g/mol. The third kappa shape index (κ3) is 4.18. The fourth-order valence-electron chi connectivity index (χ4n) is 2.43. The number of furan rings is 1. The number of benzene rings is 2. The van der Waals surface area contributed by atoms with E-state index in [9.17, 15) is 18.7 Å². The lowest BCUT2D eigenvalue weighted by Gasteiger charge is -2.23. The predicted octanol–water partition coefficient (Wildman–Crippen LogP) is 4.50. The number of aromatic hydroxyl groups is 1. The molecule has 0 aliphatic heterocycles. The van der Waals surface area contributed by atoms with Gasteiger partial charge in [-0.15, -0.1) is 0 Å². The predicted molar refractivity (Wildman–Crippen MR) is 91.4 cm³/mol. The van der Waals surface area contributed by atoms with Crippen LogP contribution in [0.15, 0.2) is 65.3 Å². The normalized spacial score (nSPS) is 10.5. The molecule has 0 aliphatic rings. The summed E-state index contributed by atoms with van der Waals surface area (Å²) in [7, 11) is 0. The van der Waals surface area contributed by atoms with Gasteiger partial charge in [0.25, 0.3) is 0 Å². The average Bonchev–Trinajstić information content (AvgIpc) is 3.12. The first-order valence-corrected chi connectivity index (χ1v) is 7.83. The van der Waals surface area contributed by atoms with E-state index in [1.54, 1.807) is 30.3 Å². The van der Waals surface area contributed by atoms with Crippen LogP contribution in [0.3, 0.4) is 0 Å². The quantitative estimate of drug-likeness (QED) is 0.706. The fourth-order valence-corrected chi connectivity index (χ4v) is 2.43. The summed E-state index contributed by atoms with van der Waals surface area (Å²) in [5.74, 6) is -0.878. The third-order valence-electron chi connectivity index (χ3n) is 3.74. The molecule has 0 atom stereocenters. The standard InChI is InChI=1S/C19H16F2N2O3/c20-14-7-8-16(21)17(10-14)22-19(25)23(12-15-5-3-9-26-15)11-13-4-1-2-6-18(13)24/h1-10,24H,11-12H2,(H,22,25). The van der Waals surface area contributed by atoms with Crippen molar-refractivity contribution in [2.24, 2.45) is 0 Å². The van der Waals surface area contributed by atoms with Crippen molar-refractivity contribution >= 4 is 11.7 Å². The largest absolute Gasteiger partial charge is 0.508 e. The number of hydrogen-bond donors (Lipinski definition) is 2. The summed E-state index contributed by atoms with van der Waals surface area (Å²) >= 11 is 0. The van der Waals surface area contributed by atoms with Crippen molar-refractivity contribution in [1.82, 2.24) is 4.90 Å². The van der Waals surface area contributed by atoms with Gasteiger partial charge in [-0.05, 0) is 30.3 Å². The second kappa shape index (κ2) is 7.69. The van der Waals surface area contributed by atoms with Crippen LogP contribution in [0.2, 0.25) is 0 Å². The van der Waals surface area contributed by atoms with Gasteiger partial charge >= 0.3 is 6.03 Å². The van der Waals surface area contributed by atoms with Gasteiger partial charge in [-0.1, -0.05) is 18.2 Å². The summed E-state index contributed by atoms with van der Waals surface area (Å²) in [6.45, 7) is 0.139. The topological polar surface area (TPSA) is 65.7 Å². The maximum absolute atomic E-state index is 13.8. The van der Waals surface area contributed by atoms with Gasteiger partial charge < -0.3 is 19.7 Å². The van der Waals surface area contributed by atoms with Gasteiger partial charge in [-0.3, -0.25) is 0 Å². The number of nitrogens with one attached hydrogen (secondary N) is 1. The molecule has 5 nitrogen and oxygen atoms in total. The average molecular weight is 358 g/mol. The number of anilines is 1. The van der Waals surface area contributed by atoms with Crippen LogP contribution in [0.4, 0.5) is 19.3 Å². The summed E-state index contributed by atoms with van der Waals surface area (Å²) in [5.41, 5.74) is 0.241. The molecule has 0 bridgehead atoms. The van der Waals surface area contributed by atoms with E-state index in [-0.39, 0.29) is 24.5 Å². The van der Waals surface area contributed by atoms with Crippen LogP contribution >= 0.6 is 0 Å². The molecular formula is C19H16F2N2O3. The minimum absolute atomic E-state index is 0.0293. The van der Waals surface area contributed by atoms with Crippen LogP contribution in [0.1, 0.15) is 11.3 Å². The van der Waals surface area contributed by atoms with Gasteiger partial charge in [0, 0.05) is 11.6 Å². The molecule has 0 unspecified atom stereocenters. The zero-order valence-corrected chi connectivity index (χ0v) is 13.7. The summed E-state index contributed by atoms with van der Waals surface area (Å²) < 4.78 is 32.4. The highest BCUT2D eigenvalue weighted by Crippen LogP contribution is 2.21. The molecule has 2 N–H and O–H groups in total. The number of rotatable bonds is 5. The molecular weight excluding hydrogens is 342 g/mol. The van der Waals surface area contributed by atoms with Crippen LogP contribution in [0.5, 0.6) is 5.75 Å². The van der Waals surface area contributed by atoms with Crippen molar-refractivity contribution in [3.05, 3.63) is 83.8 Å². The molecule has 1 aromatic heterocycles. The van der Waals surface area contributed by atoms with Crippen molar-refractivity contribution in [3.63, 3.8) is 0 Å². The lowest BCUT2D eigenvalue weighted by Crippen LogP contribution is -2.34. The Labute approximate surface area is 148 Å². The summed E-state index contributed by atoms with van der Waals surface area (Å²) in [5, 5.41) is 12.3. The Kier molecular flexibility index (Phi) is 5.17. The minimum Gasteiger partial charge on any atom is -0.508 e.